The molecule has 0 saturated heterocycles. The lowest BCUT2D eigenvalue weighted by Gasteiger charge is -2.13. The van der Waals surface area contributed by atoms with Crippen LogP contribution < -0.4 is 5.32 Å². The topological polar surface area (TPSA) is 41.5 Å². The van der Waals surface area contributed by atoms with Gasteiger partial charge in [0.1, 0.15) is 0 Å². The second-order valence-electron chi connectivity index (χ2n) is 5.34. The van der Waals surface area contributed by atoms with E-state index in [0.717, 1.165) is 35.1 Å². The van der Waals surface area contributed by atoms with Crippen molar-refractivity contribution in [2.24, 2.45) is 4.99 Å². The van der Waals surface area contributed by atoms with Crippen LogP contribution in [0.2, 0.25) is 5.02 Å². The van der Waals surface area contributed by atoms with Crippen LogP contribution in [-0.4, -0.2) is 23.2 Å². The van der Waals surface area contributed by atoms with E-state index in [0.29, 0.717) is 10.6 Å². The van der Waals surface area contributed by atoms with E-state index in [4.69, 9.17) is 11.6 Å². The summed E-state index contributed by atoms with van der Waals surface area (Å²) in [6.07, 6.45) is 4.46. The highest BCUT2D eigenvalue weighted by Gasteiger charge is 2.07. The van der Waals surface area contributed by atoms with Gasteiger partial charge in [-0.15, -0.1) is 0 Å². The molecule has 0 amide bonds. The first kappa shape index (κ1) is 16.8. The van der Waals surface area contributed by atoms with Gasteiger partial charge in [-0.25, -0.2) is 0 Å². The predicted molar refractivity (Wildman–Crippen MR) is 104 cm³/mol. The number of benzene rings is 2. The number of anilines is 1. The van der Waals surface area contributed by atoms with Crippen LogP contribution in [0.1, 0.15) is 22.3 Å². The first-order valence-corrected chi connectivity index (χ1v) is 9.09. The van der Waals surface area contributed by atoms with Crippen LogP contribution >= 0.6 is 23.4 Å². The molecule has 1 aliphatic rings. The first-order valence-electron chi connectivity index (χ1n) is 7.73. The van der Waals surface area contributed by atoms with Gasteiger partial charge in [-0.3, -0.25) is 9.79 Å². The van der Waals surface area contributed by atoms with Gasteiger partial charge in [-0.1, -0.05) is 41.6 Å². The van der Waals surface area contributed by atoms with E-state index in [2.05, 4.69) is 10.3 Å². The molecule has 2 aromatic carbocycles. The van der Waals surface area contributed by atoms with Gasteiger partial charge < -0.3 is 5.32 Å². The number of allylic oxidation sites excluding steroid dienone is 1. The molecule has 5 heteroatoms. The molecule has 0 aromatic heterocycles. The first-order chi connectivity index (χ1) is 11.7. The Morgan fingerprint density at radius 1 is 1.21 bits per heavy atom. The summed E-state index contributed by atoms with van der Waals surface area (Å²) in [5.41, 5.74) is 2.50. The number of hydrogen-bond acceptors (Lipinski definition) is 4. The molecular formula is C19H17ClN2OS. The molecule has 1 aliphatic heterocycles. The Bertz CT molecular complexity index is 784. The number of ketones is 1. The zero-order chi connectivity index (χ0) is 16.8. The molecule has 0 atom stereocenters. The summed E-state index contributed by atoms with van der Waals surface area (Å²) in [6, 6.07) is 14.8. The van der Waals surface area contributed by atoms with Crippen LogP contribution in [0.25, 0.3) is 6.08 Å². The maximum absolute atomic E-state index is 12.2. The Balaban J connectivity index is 1.64. The highest BCUT2D eigenvalue weighted by molar-refractivity contribution is 8.14. The Labute approximate surface area is 150 Å². The lowest BCUT2D eigenvalue weighted by atomic mass is 10.1. The lowest BCUT2D eigenvalue weighted by molar-refractivity contribution is 0.104. The van der Waals surface area contributed by atoms with Gasteiger partial charge in [0.25, 0.3) is 0 Å². The summed E-state index contributed by atoms with van der Waals surface area (Å²) in [4.78, 5) is 16.7. The highest BCUT2D eigenvalue weighted by Crippen LogP contribution is 2.17. The van der Waals surface area contributed by atoms with Crippen molar-refractivity contribution in [3.63, 3.8) is 0 Å². The molecule has 1 heterocycles. The molecule has 0 bridgehead atoms. The van der Waals surface area contributed by atoms with Crippen LogP contribution in [0.4, 0.5) is 5.69 Å². The van der Waals surface area contributed by atoms with E-state index < -0.39 is 0 Å². The van der Waals surface area contributed by atoms with Crippen molar-refractivity contribution in [2.45, 2.75) is 6.42 Å². The van der Waals surface area contributed by atoms with Gasteiger partial charge in [0.05, 0.1) is 0 Å². The number of carbonyl (C=O) groups excluding carboxylic acids is 1. The fraction of sp³-hybridized carbons (Fsp3) is 0.158. The molecule has 0 spiro atoms. The molecule has 3 nitrogen and oxygen atoms in total. The van der Waals surface area contributed by atoms with E-state index >= 15 is 0 Å². The highest BCUT2D eigenvalue weighted by atomic mass is 35.5. The number of amidine groups is 1. The number of nitrogens with one attached hydrogen (secondary N) is 1. The monoisotopic (exact) mass is 356 g/mol. The zero-order valence-corrected chi connectivity index (χ0v) is 14.6. The van der Waals surface area contributed by atoms with E-state index in [1.165, 1.54) is 0 Å². The van der Waals surface area contributed by atoms with Crippen molar-refractivity contribution in [1.29, 1.82) is 0 Å². The number of thioether (sulfide) groups is 1. The van der Waals surface area contributed by atoms with Crippen molar-refractivity contribution in [3.05, 3.63) is 70.8 Å². The molecule has 0 radical (unpaired) electrons. The number of carbonyl (C=O) groups is 1. The molecule has 1 N–H and O–H groups in total. The van der Waals surface area contributed by atoms with Gasteiger partial charge in [0.15, 0.2) is 11.0 Å². The maximum atomic E-state index is 12.2. The van der Waals surface area contributed by atoms with Crippen molar-refractivity contribution >= 4 is 46.1 Å². The number of hydrogen-bond donors (Lipinski definition) is 1. The molecule has 122 valence electrons. The molecule has 0 saturated carbocycles. The van der Waals surface area contributed by atoms with E-state index in [1.54, 1.807) is 30.0 Å². The lowest BCUT2D eigenvalue weighted by Crippen LogP contribution is -2.13. The van der Waals surface area contributed by atoms with Crippen molar-refractivity contribution in [2.75, 3.05) is 17.6 Å². The van der Waals surface area contributed by atoms with Crippen LogP contribution in [0.15, 0.2) is 59.6 Å². The quantitative estimate of drug-likeness (QED) is 0.609. The number of rotatable bonds is 4. The van der Waals surface area contributed by atoms with Crippen LogP contribution in [0.3, 0.4) is 0 Å². The smallest absolute Gasteiger partial charge is 0.185 e. The summed E-state index contributed by atoms with van der Waals surface area (Å²) in [5, 5.41) is 4.88. The maximum Gasteiger partial charge on any atom is 0.185 e. The standard InChI is InChI=1S/C19H17ClN2OS/c20-16-4-1-3-14(13-16)5-10-18(23)15-6-8-17(9-7-15)22-19-21-11-2-12-24-19/h1,3-10,13H,2,11-12H2,(H,21,22)/b10-5+. The molecule has 24 heavy (non-hydrogen) atoms. The molecule has 0 unspecified atom stereocenters. The van der Waals surface area contributed by atoms with Gasteiger partial charge in [0, 0.05) is 28.6 Å². The van der Waals surface area contributed by atoms with Crippen LogP contribution in [0.5, 0.6) is 0 Å². The summed E-state index contributed by atoms with van der Waals surface area (Å²) in [6.45, 7) is 0.875. The number of halogens is 1. The Morgan fingerprint density at radius 2 is 2.04 bits per heavy atom. The van der Waals surface area contributed by atoms with Gasteiger partial charge >= 0.3 is 0 Å². The molecular weight excluding hydrogens is 340 g/mol. The minimum absolute atomic E-state index is 0.0362. The second kappa shape index (κ2) is 8.18. The summed E-state index contributed by atoms with van der Waals surface area (Å²) in [5.74, 6) is 1.06. The largest absolute Gasteiger partial charge is 0.335 e. The molecule has 0 fully saturated rings. The third-order valence-electron chi connectivity index (χ3n) is 3.49. The summed E-state index contributed by atoms with van der Waals surface area (Å²) in [7, 11) is 0. The second-order valence-corrected chi connectivity index (χ2v) is 6.86. The Kier molecular flexibility index (Phi) is 5.72. The fourth-order valence-corrected chi connectivity index (χ4v) is 3.29. The summed E-state index contributed by atoms with van der Waals surface area (Å²) >= 11 is 7.66. The van der Waals surface area contributed by atoms with Crippen LogP contribution in [0, 0.1) is 0 Å². The van der Waals surface area contributed by atoms with Gasteiger partial charge in [-0.05, 0) is 54.5 Å². The van der Waals surface area contributed by atoms with E-state index in [1.807, 2.05) is 42.5 Å². The SMILES string of the molecule is O=C(/C=C/c1cccc(Cl)c1)c1ccc(NC2=NCCCS2)cc1. The number of aliphatic imine (C=N–C) groups is 1. The Morgan fingerprint density at radius 3 is 2.75 bits per heavy atom. The molecule has 0 aliphatic carbocycles. The van der Waals surface area contributed by atoms with Crippen molar-refractivity contribution < 1.29 is 4.79 Å². The van der Waals surface area contributed by atoms with Crippen molar-refractivity contribution in [3.8, 4) is 0 Å². The van der Waals surface area contributed by atoms with Gasteiger partial charge in [0.2, 0.25) is 0 Å². The third kappa shape index (κ3) is 4.73. The number of nitrogens with zero attached hydrogens (tertiary/aromatic N) is 1. The van der Waals surface area contributed by atoms with Crippen molar-refractivity contribution in [1.82, 2.24) is 0 Å². The van der Waals surface area contributed by atoms with Crippen LogP contribution in [-0.2, 0) is 0 Å². The summed E-state index contributed by atoms with van der Waals surface area (Å²) < 4.78 is 0. The molecule has 2 aromatic rings. The van der Waals surface area contributed by atoms with E-state index in [9.17, 15) is 4.79 Å². The van der Waals surface area contributed by atoms with Gasteiger partial charge in [-0.2, -0.15) is 0 Å². The third-order valence-corrected chi connectivity index (χ3v) is 4.73. The normalized spacial score (nSPS) is 14.5. The minimum atomic E-state index is -0.0362. The molecule has 3 rings (SSSR count). The average molecular weight is 357 g/mol. The predicted octanol–water partition coefficient (Wildman–Crippen LogP) is 5.14. The fourth-order valence-electron chi connectivity index (χ4n) is 2.25. The zero-order valence-electron chi connectivity index (χ0n) is 13.0. The average Bonchev–Trinajstić information content (AvgIpc) is 2.61. The minimum Gasteiger partial charge on any atom is -0.335 e. The Hall–Kier alpha value is -2.04. The van der Waals surface area contributed by atoms with E-state index in [-0.39, 0.29) is 5.78 Å².